The lowest BCUT2D eigenvalue weighted by Gasteiger charge is -2.32. The molecule has 0 aliphatic carbocycles. The van der Waals surface area contributed by atoms with Crippen molar-refractivity contribution in [1.82, 2.24) is 4.90 Å². The van der Waals surface area contributed by atoms with E-state index >= 15 is 0 Å². The van der Waals surface area contributed by atoms with Gasteiger partial charge in [0.05, 0.1) is 25.3 Å². The molecule has 1 N–H and O–H groups in total. The van der Waals surface area contributed by atoms with Gasteiger partial charge < -0.3 is 14.7 Å². The lowest BCUT2D eigenvalue weighted by atomic mass is 9.95. The molecule has 26 heavy (non-hydrogen) atoms. The summed E-state index contributed by atoms with van der Waals surface area (Å²) in [4.78, 5) is 14.4. The Kier molecular flexibility index (Phi) is 6.37. The summed E-state index contributed by atoms with van der Waals surface area (Å²) in [6.07, 6.45) is -0.844. The zero-order valence-electron chi connectivity index (χ0n) is 15.7. The molecule has 0 radical (unpaired) electrons. The van der Waals surface area contributed by atoms with Crippen LogP contribution in [0.15, 0.2) is 48.5 Å². The van der Waals surface area contributed by atoms with E-state index in [4.69, 9.17) is 4.74 Å². The van der Waals surface area contributed by atoms with Gasteiger partial charge in [-0.25, -0.2) is 4.39 Å². The minimum Gasteiger partial charge on any atom is -0.497 e. The van der Waals surface area contributed by atoms with Crippen molar-refractivity contribution < 1.29 is 19.0 Å². The monoisotopic (exact) mass is 359 g/mol. The number of aliphatic hydroxyl groups excluding tert-OH is 1. The Morgan fingerprint density at radius 3 is 2.38 bits per heavy atom. The summed E-state index contributed by atoms with van der Waals surface area (Å²) in [7, 11) is 1.44. The Morgan fingerprint density at radius 1 is 1.19 bits per heavy atom. The molecular formula is C21H26FNO3. The van der Waals surface area contributed by atoms with E-state index in [9.17, 15) is 14.3 Å². The molecule has 0 heterocycles. The van der Waals surface area contributed by atoms with Crippen LogP contribution in [0.4, 0.5) is 4.39 Å². The van der Waals surface area contributed by atoms with Crippen molar-refractivity contribution in [1.29, 1.82) is 0 Å². The van der Waals surface area contributed by atoms with E-state index in [-0.39, 0.29) is 17.5 Å². The molecule has 5 heteroatoms. The maximum Gasteiger partial charge on any atom is 0.256 e. The molecule has 0 saturated carbocycles. The lowest BCUT2D eigenvalue weighted by Crippen LogP contribution is -2.40. The fraction of sp³-hybridized carbons (Fsp3) is 0.381. The fourth-order valence-corrected chi connectivity index (χ4v) is 2.75. The summed E-state index contributed by atoms with van der Waals surface area (Å²) in [5.41, 5.74) is 0.486. The smallest absolute Gasteiger partial charge is 0.256 e. The maximum absolute atomic E-state index is 14.4. The van der Waals surface area contributed by atoms with Gasteiger partial charge in [0, 0.05) is 12.6 Å². The van der Waals surface area contributed by atoms with Crippen LogP contribution in [0.5, 0.6) is 5.75 Å². The lowest BCUT2D eigenvalue weighted by molar-refractivity contribution is 0.0535. The van der Waals surface area contributed by atoms with E-state index in [0.717, 1.165) is 5.56 Å². The molecule has 0 bridgehead atoms. The zero-order chi connectivity index (χ0) is 19.3. The van der Waals surface area contributed by atoms with Gasteiger partial charge in [-0.15, -0.1) is 0 Å². The molecule has 2 aromatic rings. The number of carbonyl (C=O) groups is 1. The van der Waals surface area contributed by atoms with Crippen molar-refractivity contribution in [2.75, 3.05) is 20.2 Å². The van der Waals surface area contributed by atoms with Crippen LogP contribution < -0.4 is 4.74 Å². The summed E-state index contributed by atoms with van der Waals surface area (Å²) in [6.45, 7) is 6.46. The first-order valence-corrected chi connectivity index (χ1v) is 8.57. The summed E-state index contributed by atoms with van der Waals surface area (Å²) >= 11 is 0. The molecule has 4 nitrogen and oxygen atoms in total. The highest BCUT2D eigenvalue weighted by molar-refractivity contribution is 5.94. The normalized spacial score (nSPS) is 12.5. The molecule has 1 unspecified atom stereocenters. The SMILES string of the molecule is COc1ccc(C(=O)N(CC(O)c2ccccc2)CC(C)(C)C)c(F)c1. The first-order chi connectivity index (χ1) is 12.2. The summed E-state index contributed by atoms with van der Waals surface area (Å²) in [5, 5.41) is 10.5. The number of benzene rings is 2. The van der Waals surface area contributed by atoms with Crippen LogP contribution in [0.2, 0.25) is 0 Å². The number of carbonyl (C=O) groups excluding carboxylic acids is 1. The first kappa shape index (κ1) is 19.9. The Morgan fingerprint density at radius 2 is 1.85 bits per heavy atom. The Bertz CT molecular complexity index is 741. The third kappa shape index (κ3) is 5.30. The molecule has 140 valence electrons. The Balaban J connectivity index is 2.27. The number of rotatable bonds is 6. The number of methoxy groups -OCH3 is 1. The number of amides is 1. The zero-order valence-corrected chi connectivity index (χ0v) is 15.7. The van der Waals surface area contributed by atoms with Crippen molar-refractivity contribution in [3.8, 4) is 5.75 Å². The molecular weight excluding hydrogens is 333 g/mol. The van der Waals surface area contributed by atoms with Crippen molar-refractivity contribution in [3.05, 3.63) is 65.5 Å². The topological polar surface area (TPSA) is 49.8 Å². The molecule has 1 atom stereocenters. The van der Waals surface area contributed by atoms with Crippen molar-refractivity contribution in [2.45, 2.75) is 26.9 Å². The number of hydrogen-bond donors (Lipinski definition) is 1. The van der Waals surface area contributed by atoms with E-state index in [0.29, 0.717) is 12.3 Å². The first-order valence-electron chi connectivity index (χ1n) is 8.57. The molecule has 2 aromatic carbocycles. The molecule has 1 amide bonds. The van der Waals surface area contributed by atoms with Gasteiger partial charge in [-0.3, -0.25) is 4.79 Å². The third-order valence-electron chi connectivity index (χ3n) is 3.94. The Labute approximate surface area is 154 Å². The molecule has 2 rings (SSSR count). The van der Waals surface area contributed by atoms with Gasteiger partial charge in [0.1, 0.15) is 11.6 Å². The van der Waals surface area contributed by atoms with Gasteiger partial charge in [0.15, 0.2) is 0 Å². The van der Waals surface area contributed by atoms with Gasteiger partial charge in [-0.2, -0.15) is 0 Å². The number of ether oxygens (including phenoxy) is 1. The van der Waals surface area contributed by atoms with E-state index < -0.39 is 17.8 Å². The fourth-order valence-electron chi connectivity index (χ4n) is 2.75. The summed E-state index contributed by atoms with van der Waals surface area (Å²) in [6, 6.07) is 13.3. The van der Waals surface area contributed by atoms with Crippen molar-refractivity contribution >= 4 is 5.91 Å². The molecule has 0 fully saturated rings. The van der Waals surface area contributed by atoms with Crippen LogP contribution >= 0.6 is 0 Å². The number of hydrogen-bond acceptors (Lipinski definition) is 3. The third-order valence-corrected chi connectivity index (χ3v) is 3.94. The average Bonchev–Trinajstić information content (AvgIpc) is 2.60. The molecule has 0 saturated heterocycles. The Hall–Kier alpha value is -2.40. The average molecular weight is 359 g/mol. The maximum atomic E-state index is 14.4. The second-order valence-electron chi connectivity index (χ2n) is 7.52. The second-order valence-corrected chi connectivity index (χ2v) is 7.52. The van der Waals surface area contributed by atoms with Crippen LogP contribution in [0.3, 0.4) is 0 Å². The highest BCUT2D eigenvalue weighted by Crippen LogP contribution is 2.23. The van der Waals surface area contributed by atoms with Crippen LogP contribution in [-0.4, -0.2) is 36.1 Å². The molecule has 0 aliphatic heterocycles. The standard InChI is InChI=1S/C21H26FNO3/c1-21(2,3)14-23(13-19(24)15-8-6-5-7-9-15)20(25)17-11-10-16(26-4)12-18(17)22/h5-12,19,24H,13-14H2,1-4H3. The second kappa shape index (κ2) is 8.32. The van der Waals surface area contributed by atoms with E-state index in [1.54, 1.807) is 18.2 Å². The van der Waals surface area contributed by atoms with Gasteiger partial charge in [-0.05, 0) is 23.1 Å². The largest absolute Gasteiger partial charge is 0.497 e. The quantitative estimate of drug-likeness (QED) is 0.846. The summed E-state index contributed by atoms with van der Waals surface area (Å²) in [5.74, 6) is -0.733. The van der Waals surface area contributed by atoms with Crippen molar-refractivity contribution in [3.63, 3.8) is 0 Å². The molecule has 0 aliphatic rings. The van der Waals surface area contributed by atoms with Crippen LogP contribution in [0.25, 0.3) is 0 Å². The summed E-state index contributed by atoms with van der Waals surface area (Å²) < 4.78 is 19.3. The number of nitrogens with zero attached hydrogens (tertiary/aromatic N) is 1. The van der Waals surface area contributed by atoms with Crippen LogP contribution in [-0.2, 0) is 0 Å². The number of halogens is 1. The van der Waals surface area contributed by atoms with Crippen molar-refractivity contribution in [2.24, 2.45) is 5.41 Å². The van der Waals surface area contributed by atoms with Gasteiger partial charge in [0.2, 0.25) is 0 Å². The predicted molar refractivity (Wildman–Crippen MR) is 99.7 cm³/mol. The van der Waals surface area contributed by atoms with Gasteiger partial charge in [0.25, 0.3) is 5.91 Å². The molecule has 0 aromatic heterocycles. The molecule has 0 spiro atoms. The minimum atomic E-state index is -0.844. The minimum absolute atomic E-state index is 0.0321. The predicted octanol–water partition coefficient (Wildman–Crippen LogP) is 4.06. The van der Waals surface area contributed by atoms with Gasteiger partial charge in [-0.1, -0.05) is 51.1 Å². The van der Waals surface area contributed by atoms with E-state index in [1.165, 1.54) is 24.1 Å². The highest BCUT2D eigenvalue weighted by atomic mass is 19.1. The highest BCUT2D eigenvalue weighted by Gasteiger charge is 2.26. The van der Waals surface area contributed by atoms with Crippen LogP contribution in [0, 0.1) is 11.2 Å². The van der Waals surface area contributed by atoms with Gasteiger partial charge >= 0.3 is 0 Å². The number of aliphatic hydroxyl groups is 1. The van der Waals surface area contributed by atoms with E-state index in [2.05, 4.69) is 0 Å². The van der Waals surface area contributed by atoms with Crippen LogP contribution in [0.1, 0.15) is 42.8 Å². The van der Waals surface area contributed by atoms with E-state index in [1.807, 2.05) is 39.0 Å².